The van der Waals surface area contributed by atoms with Gasteiger partial charge in [-0.25, -0.2) is 19.7 Å². The van der Waals surface area contributed by atoms with Crippen LogP contribution in [0.4, 0.5) is 16.6 Å². The number of nitrogens with one attached hydrogen (secondary N) is 3. The Kier molecular flexibility index (Phi) is 8.13. The molecular weight excluding hydrogens is 558 g/mol. The second kappa shape index (κ2) is 12.6. The fourth-order valence-electron chi connectivity index (χ4n) is 5.42. The number of carbonyl (C=O) groups excluding carboxylic acids is 1. The SMILES string of the molecule is Cn1cc(-c2ccc(N(C(=O)NCc3ccccc3)C3CCC(Nc4ncc(C#N)c(-c5[nH]ncc5O)n4)CC3)nc2)cn1. The molecule has 2 amide bonds. The van der Waals surface area contributed by atoms with Crippen molar-refractivity contribution < 1.29 is 9.90 Å². The summed E-state index contributed by atoms with van der Waals surface area (Å²) in [5.74, 6) is 0.833. The molecule has 0 radical (unpaired) electrons. The average molecular weight is 590 g/mol. The Labute approximate surface area is 253 Å². The molecule has 0 spiro atoms. The lowest BCUT2D eigenvalue weighted by Gasteiger charge is -2.36. The third-order valence-corrected chi connectivity index (χ3v) is 7.70. The highest BCUT2D eigenvalue weighted by molar-refractivity contribution is 5.91. The number of hydrogen-bond acceptors (Lipinski definition) is 9. The number of benzene rings is 1. The normalized spacial score (nSPS) is 16.2. The standard InChI is InChI=1S/C31H31N11O2/c1-41-19-23(17-37-41)21-7-12-27(33-15-21)42(31(44)35-14-20-5-3-2-4-6-20)25-10-8-24(9-11-25)38-30-34-16-22(13-32)28(39-30)29-26(43)18-36-40-29/h2-7,12,15-19,24-25,43H,8-11,14H2,1H3,(H,35,44)(H,36,40)(H,34,38,39). The first-order valence-electron chi connectivity index (χ1n) is 14.3. The van der Waals surface area contributed by atoms with Crippen LogP contribution in [-0.4, -0.2) is 58.2 Å². The van der Waals surface area contributed by atoms with Gasteiger partial charge in [-0.1, -0.05) is 30.3 Å². The van der Waals surface area contributed by atoms with Crippen LogP contribution < -0.4 is 15.5 Å². The van der Waals surface area contributed by atoms with E-state index in [0.717, 1.165) is 42.4 Å². The van der Waals surface area contributed by atoms with E-state index in [0.29, 0.717) is 18.3 Å². The van der Waals surface area contributed by atoms with Gasteiger partial charge in [0.1, 0.15) is 23.3 Å². The van der Waals surface area contributed by atoms with Gasteiger partial charge in [0.2, 0.25) is 5.95 Å². The molecule has 0 atom stereocenters. The summed E-state index contributed by atoms with van der Waals surface area (Å²) >= 11 is 0. The van der Waals surface area contributed by atoms with Gasteiger partial charge in [-0.15, -0.1) is 0 Å². The molecule has 1 fully saturated rings. The summed E-state index contributed by atoms with van der Waals surface area (Å²) in [6.07, 6.45) is 11.1. The Morgan fingerprint density at radius 2 is 1.89 bits per heavy atom. The van der Waals surface area contributed by atoms with Crippen LogP contribution in [0.5, 0.6) is 5.75 Å². The number of rotatable bonds is 8. The van der Waals surface area contributed by atoms with Crippen LogP contribution in [0, 0.1) is 11.3 Å². The van der Waals surface area contributed by atoms with E-state index < -0.39 is 0 Å². The lowest BCUT2D eigenvalue weighted by molar-refractivity contribution is 0.240. The largest absolute Gasteiger partial charge is 0.504 e. The lowest BCUT2D eigenvalue weighted by Crippen LogP contribution is -2.49. The summed E-state index contributed by atoms with van der Waals surface area (Å²) in [7, 11) is 1.87. The second-order valence-electron chi connectivity index (χ2n) is 10.7. The minimum Gasteiger partial charge on any atom is -0.504 e. The van der Waals surface area contributed by atoms with Crippen molar-refractivity contribution in [2.75, 3.05) is 10.2 Å². The number of hydrogen-bond donors (Lipinski definition) is 4. The van der Waals surface area contributed by atoms with Crippen LogP contribution in [-0.2, 0) is 13.6 Å². The number of nitriles is 1. The molecule has 1 aromatic carbocycles. The summed E-state index contributed by atoms with van der Waals surface area (Å²) in [5, 5.41) is 36.8. The molecule has 13 heteroatoms. The Bertz CT molecular complexity index is 1770. The summed E-state index contributed by atoms with van der Waals surface area (Å²) in [5.41, 5.74) is 3.64. The molecule has 13 nitrogen and oxygen atoms in total. The molecular formula is C31H31N11O2. The van der Waals surface area contributed by atoms with Gasteiger partial charge in [0.15, 0.2) is 5.75 Å². The van der Waals surface area contributed by atoms with Crippen molar-refractivity contribution in [2.24, 2.45) is 7.05 Å². The average Bonchev–Trinajstić information content (AvgIpc) is 3.69. The van der Waals surface area contributed by atoms with Crippen LogP contribution in [0.2, 0.25) is 0 Å². The zero-order valence-corrected chi connectivity index (χ0v) is 24.1. The fourth-order valence-corrected chi connectivity index (χ4v) is 5.42. The molecule has 1 saturated carbocycles. The maximum Gasteiger partial charge on any atom is 0.323 e. The van der Waals surface area contributed by atoms with E-state index in [-0.39, 0.29) is 40.8 Å². The van der Waals surface area contributed by atoms with E-state index in [1.807, 2.05) is 55.7 Å². The van der Waals surface area contributed by atoms with Crippen molar-refractivity contribution >= 4 is 17.8 Å². The van der Waals surface area contributed by atoms with Crippen molar-refractivity contribution in [3.63, 3.8) is 0 Å². The molecule has 4 aromatic heterocycles. The molecule has 4 heterocycles. The van der Waals surface area contributed by atoms with E-state index in [4.69, 9.17) is 4.98 Å². The molecule has 6 rings (SSSR count). The molecule has 0 aliphatic heterocycles. The van der Waals surface area contributed by atoms with Crippen molar-refractivity contribution in [2.45, 2.75) is 44.3 Å². The van der Waals surface area contributed by atoms with Crippen LogP contribution in [0.3, 0.4) is 0 Å². The Morgan fingerprint density at radius 3 is 2.55 bits per heavy atom. The predicted molar refractivity (Wildman–Crippen MR) is 163 cm³/mol. The van der Waals surface area contributed by atoms with Gasteiger partial charge < -0.3 is 15.7 Å². The zero-order chi connectivity index (χ0) is 30.5. The molecule has 1 aliphatic rings. The van der Waals surface area contributed by atoms with Gasteiger partial charge in [-0.2, -0.15) is 15.5 Å². The van der Waals surface area contributed by atoms with Crippen LogP contribution >= 0.6 is 0 Å². The maximum absolute atomic E-state index is 13.7. The van der Waals surface area contributed by atoms with Gasteiger partial charge in [0.05, 0.1) is 24.2 Å². The highest BCUT2D eigenvalue weighted by Gasteiger charge is 2.31. The third-order valence-electron chi connectivity index (χ3n) is 7.70. The molecule has 5 aromatic rings. The van der Waals surface area contributed by atoms with Gasteiger partial charge in [0.25, 0.3) is 0 Å². The number of nitrogens with zero attached hydrogens (tertiary/aromatic N) is 8. The Hall–Kier alpha value is -5.77. The molecule has 0 saturated heterocycles. The van der Waals surface area contributed by atoms with Crippen molar-refractivity contribution in [1.82, 2.24) is 40.2 Å². The number of urea groups is 1. The lowest BCUT2D eigenvalue weighted by atomic mass is 9.90. The summed E-state index contributed by atoms with van der Waals surface area (Å²) in [6, 6.07) is 15.5. The van der Waals surface area contributed by atoms with Crippen LogP contribution in [0.15, 0.2) is 73.4 Å². The van der Waals surface area contributed by atoms with Crippen LogP contribution in [0.1, 0.15) is 36.8 Å². The van der Waals surface area contributed by atoms with Crippen molar-refractivity contribution in [3.8, 4) is 34.3 Å². The molecule has 0 bridgehead atoms. The van der Waals surface area contributed by atoms with E-state index >= 15 is 0 Å². The first kappa shape index (κ1) is 28.4. The molecule has 4 N–H and O–H groups in total. The van der Waals surface area contributed by atoms with Gasteiger partial charge in [0, 0.05) is 49.2 Å². The number of aromatic amines is 1. The Morgan fingerprint density at radius 1 is 1.07 bits per heavy atom. The van der Waals surface area contributed by atoms with Gasteiger partial charge >= 0.3 is 6.03 Å². The van der Waals surface area contributed by atoms with Gasteiger partial charge in [-0.05, 0) is 43.4 Å². The predicted octanol–water partition coefficient (Wildman–Crippen LogP) is 4.38. The zero-order valence-electron chi connectivity index (χ0n) is 24.1. The number of aryl methyl sites for hydroxylation is 1. The highest BCUT2D eigenvalue weighted by Crippen LogP contribution is 2.31. The van der Waals surface area contributed by atoms with Crippen LogP contribution in [0.25, 0.3) is 22.5 Å². The minimum atomic E-state index is -0.202. The third kappa shape index (κ3) is 6.19. The topological polar surface area (TPSA) is 174 Å². The number of H-pyrrole nitrogens is 1. The number of anilines is 2. The monoisotopic (exact) mass is 589 g/mol. The Balaban J connectivity index is 1.17. The van der Waals surface area contributed by atoms with E-state index in [1.165, 1.54) is 12.4 Å². The molecule has 44 heavy (non-hydrogen) atoms. The van der Waals surface area contributed by atoms with Crippen molar-refractivity contribution in [1.29, 1.82) is 5.26 Å². The molecule has 0 unspecified atom stereocenters. The molecule has 1 aliphatic carbocycles. The quantitative estimate of drug-likeness (QED) is 0.205. The van der Waals surface area contributed by atoms with E-state index in [1.54, 1.807) is 22.0 Å². The minimum absolute atomic E-state index is 0.0533. The number of amides is 2. The van der Waals surface area contributed by atoms with E-state index in [2.05, 4.69) is 42.0 Å². The number of carbonyl (C=O) groups is 1. The second-order valence-corrected chi connectivity index (χ2v) is 10.7. The van der Waals surface area contributed by atoms with Gasteiger partial charge in [-0.3, -0.25) is 14.7 Å². The number of aromatic nitrogens is 7. The summed E-state index contributed by atoms with van der Waals surface area (Å²) < 4.78 is 1.74. The number of aromatic hydroxyl groups is 1. The highest BCUT2D eigenvalue weighted by atomic mass is 16.3. The maximum atomic E-state index is 13.7. The first-order chi connectivity index (χ1) is 21.5. The van der Waals surface area contributed by atoms with E-state index in [9.17, 15) is 15.2 Å². The fraction of sp³-hybridized carbons (Fsp3) is 0.258. The summed E-state index contributed by atoms with van der Waals surface area (Å²) in [6.45, 7) is 0.408. The number of pyridine rings is 1. The first-order valence-corrected chi connectivity index (χ1v) is 14.3. The molecule has 222 valence electrons. The summed E-state index contributed by atoms with van der Waals surface area (Å²) in [4.78, 5) is 28.9. The van der Waals surface area contributed by atoms with Crippen molar-refractivity contribution in [3.05, 3.63) is 84.6 Å². The smallest absolute Gasteiger partial charge is 0.323 e.